The third kappa shape index (κ3) is 3.32. The zero-order valence-corrected chi connectivity index (χ0v) is 8.09. The summed E-state index contributed by atoms with van der Waals surface area (Å²) in [6, 6.07) is 1.52. The van der Waals surface area contributed by atoms with Crippen LogP contribution in [0.1, 0.15) is 39.3 Å². The summed E-state index contributed by atoms with van der Waals surface area (Å²) in [5.41, 5.74) is 0.752. The van der Waals surface area contributed by atoms with Crippen LogP contribution in [0.3, 0.4) is 0 Å². The molecule has 1 heterocycles. The smallest absolute Gasteiger partial charge is 0.250 e. The molecule has 0 aromatic carbocycles. The molecule has 0 bridgehead atoms. The normalized spacial score (nSPS) is 9.08. The molecule has 3 nitrogen and oxygen atoms in total. The second kappa shape index (κ2) is 5.52. The topological polar surface area (TPSA) is 45.8 Å². The molecule has 3 heteroatoms. The number of rotatable bonds is 1. The van der Waals surface area contributed by atoms with Gasteiger partial charge >= 0.3 is 0 Å². The SMILES string of the molecule is CC.CC(C)c1cc(=O)[nH]cn1. The molecule has 0 saturated carbocycles. The first-order chi connectivity index (χ1) is 5.70. The van der Waals surface area contributed by atoms with Crippen LogP contribution in [-0.2, 0) is 0 Å². The van der Waals surface area contributed by atoms with Gasteiger partial charge in [0.25, 0.3) is 5.56 Å². The van der Waals surface area contributed by atoms with E-state index in [4.69, 9.17) is 0 Å². The fourth-order valence-electron chi connectivity index (χ4n) is 0.699. The first-order valence-corrected chi connectivity index (χ1v) is 4.25. The van der Waals surface area contributed by atoms with E-state index in [9.17, 15) is 4.79 Å². The van der Waals surface area contributed by atoms with E-state index in [2.05, 4.69) is 9.97 Å². The molecule has 68 valence electrons. The Hall–Kier alpha value is -1.12. The quantitative estimate of drug-likeness (QED) is 0.696. The number of aromatic nitrogens is 2. The first-order valence-electron chi connectivity index (χ1n) is 4.25. The van der Waals surface area contributed by atoms with Crippen LogP contribution in [0.4, 0.5) is 0 Å². The van der Waals surface area contributed by atoms with Crippen molar-refractivity contribution < 1.29 is 0 Å². The van der Waals surface area contributed by atoms with Crippen molar-refractivity contribution in [3.63, 3.8) is 0 Å². The second-order valence-corrected chi connectivity index (χ2v) is 2.49. The summed E-state index contributed by atoms with van der Waals surface area (Å²) in [5.74, 6) is 0.322. The molecule has 0 amide bonds. The van der Waals surface area contributed by atoms with Crippen LogP contribution in [0.15, 0.2) is 17.2 Å². The maximum Gasteiger partial charge on any atom is 0.250 e. The molecule has 0 saturated heterocycles. The standard InChI is InChI=1S/C7H10N2O.C2H6/c1-5(2)6-3-7(10)9-4-8-6;1-2/h3-5H,1-2H3,(H,8,9,10);1-2H3. The van der Waals surface area contributed by atoms with Crippen LogP contribution in [0, 0.1) is 0 Å². The summed E-state index contributed by atoms with van der Waals surface area (Å²) < 4.78 is 0. The molecule has 0 fully saturated rings. The van der Waals surface area contributed by atoms with E-state index >= 15 is 0 Å². The van der Waals surface area contributed by atoms with Gasteiger partial charge in [0.15, 0.2) is 0 Å². The fourth-order valence-corrected chi connectivity index (χ4v) is 0.699. The van der Waals surface area contributed by atoms with Crippen molar-refractivity contribution in [2.75, 3.05) is 0 Å². The van der Waals surface area contributed by atoms with Crippen LogP contribution >= 0.6 is 0 Å². The molecule has 0 spiro atoms. The van der Waals surface area contributed by atoms with Crippen molar-refractivity contribution in [1.82, 2.24) is 9.97 Å². The lowest BCUT2D eigenvalue weighted by Crippen LogP contribution is -2.07. The Morgan fingerprint density at radius 3 is 2.33 bits per heavy atom. The molecule has 1 N–H and O–H groups in total. The van der Waals surface area contributed by atoms with Gasteiger partial charge in [-0.15, -0.1) is 0 Å². The molecule has 1 rings (SSSR count). The Kier molecular flexibility index (Phi) is 5.00. The molecule has 1 aromatic heterocycles. The highest BCUT2D eigenvalue weighted by molar-refractivity contribution is 5.02. The fraction of sp³-hybridized carbons (Fsp3) is 0.556. The van der Waals surface area contributed by atoms with E-state index in [-0.39, 0.29) is 5.56 Å². The van der Waals surface area contributed by atoms with Crippen molar-refractivity contribution in [1.29, 1.82) is 0 Å². The summed E-state index contributed by atoms with van der Waals surface area (Å²) in [6.07, 6.45) is 1.43. The molecule has 0 atom stereocenters. The van der Waals surface area contributed by atoms with Crippen molar-refractivity contribution >= 4 is 0 Å². The van der Waals surface area contributed by atoms with Crippen LogP contribution in [0.2, 0.25) is 0 Å². The van der Waals surface area contributed by atoms with Gasteiger partial charge in [0.1, 0.15) is 0 Å². The summed E-state index contributed by atoms with van der Waals surface area (Å²) in [4.78, 5) is 17.1. The molecular formula is C9H16N2O. The highest BCUT2D eigenvalue weighted by atomic mass is 16.1. The van der Waals surface area contributed by atoms with Gasteiger partial charge in [0, 0.05) is 6.07 Å². The number of nitrogens with one attached hydrogen (secondary N) is 1. The van der Waals surface area contributed by atoms with E-state index in [1.54, 1.807) is 0 Å². The van der Waals surface area contributed by atoms with Gasteiger partial charge in [0.2, 0.25) is 0 Å². The molecule has 0 unspecified atom stereocenters. The van der Waals surface area contributed by atoms with Crippen LogP contribution in [0.25, 0.3) is 0 Å². The molecule has 0 radical (unpaired) electrons. The van der Waals surface area contributed by atoms with Gasteiger partial charge in [0.05, 0.1) is 12.0 Å². The number of H-pyrrole nitrogens is 1. The Bertz CT molecular complexity index is 265. The minimum Gasteiger partial charge on any atom is -0.313 e. The minimum absolute atomic E-state index is 0.0845. The third-order valence-corrected chi connectivity index (χ3v) is 1.29. The Morgan fingerprint density at radius 2 is 2.00 bits per heavy atom. The largest absolute Gasteiger partial charge is 0.313 e. The summed E-state index contributed by atoms with van der Waals surface area (Å²) in [7, 11) is 0. The van der Waals surface area contributed by atoms with Crippen molar-refractivity contribution in [3.8, 4) is 0 Å². The van der Waals surface area contributed by atoms with Gasteiger partial charge in [-0.05, 0) is 5.92 Å². The Balaban J connectivity index is 0.000000561. The lowest BCUT2D eigenvalue weighted by Gasteiger charge is -1.99. The number of nitrogens with zero attached hydrogens (tertiary/aromatic N) is 1. The van der Waals surface area contributed by atoms with E-state index < -0.39 is 0 Å². The molecule has 0 aliphatic carbocycles. The Labute approximate surface area is 72.9 Å². The maximum atomic E-state index is 10.7. The van der Waals surface area contributed by atoms with E-state index in [0.717, 1.165) is 5.69 Å². The van der Waals surface area contributed by atoms with Gasteiger partial charge in [-0.1, -0.05) is 27.7 Å². The highest BCUT2D eigenvalue weighted by Gasteiger charge is 1.98. The minimum atomic E-state index is -0.0845. The first kappa shape index (κ1) is 10.9. The van der Waals surface area contributed by atoms with Gasteiger partial charge in [-0.2, -0.15) is 0 Å². The zero-order chi connectivity index (χ0) is 9.56. The summed E-state index contributed by atoms with van der Waals surface area (Å²) >= 11 is 0. The van der Waals surface area contributed by atoms with Crippen molar-refractivity contribution in [2.45, 2.75) is 33.6 Å². The summed E-state index contributed by atoms with van der Waals surface area (Å²) in [6.45, 7) is 8.00. The van der Waals surface area contributed by atoms with Gasteiger partial charge in [-0.3, -0.25) is 4.79 Å². The zero-order valence-electron chi connectivity index (χ0n) is 8.09. The van der Waals surface area contributed by atoms with Gasteiger partial charge in [-0.25, -0.2) is 4.98 Å². The average Bonchev–Trinajstić information content (AvgIpc) is 2.08. The molecule has 0 aliphatic rings. The number of hydrogen-bond acceptors (Lipinski definition) is 2. The van der Waals surface area contributed by atoms with E-state index in [0.29, 0.717) is 5.92 Å². The van der Waals surface area contributed by atoms with E-state index in [1.807, 2.05) is 27.7 Å². The molecule has 0 aliphatic heterocycles. The Morgan fingerprint density at radius 1 is 1.42 bits per heavy atom. The van der Waals surface area contributed by atoms with E-state index in [1.165, 1.54) is 12.4 Å². The number of hydrogen-bond donors (Lipinski definition) is 1. The van der Waals surface area contributed by atoms with Crippen LogP contribution in [0.5, 0.6) is 0 Å². The monoisotopic (exact) mass is 168 g/mol. The predicted octanol–water partition coefficient (Wildman–Crippen LogP) is 1.92. The highest BCUT2D eigenvalue weighted by Crippen LogP contribution is 2.05. The second-order valence-electron chi connectivity index (χ2n) is 2.49. The van der Waals surface area contributed by atoms with Crippen molar-refractivity contribution in [3.05, 3.63) is 28.4 Å². The van der Waals surface area contributed by atoms with Crippen molar-refractivity contribution in [2.24, 2.45) is 0 Å². The lowest BCUT2D eigenvalue weighted by molar-refractivity contribution is 0.809. The predicted molar refractivity (Wildman–Crippen MR) is 50.3 cm³/mol. The molecule has 12 heavy (non-hydrogen) atoms. The maximum absolute atomic E-state index is 10.7. The van der Waals surface area contributed by atoms with Crippen LogP contribution in [-0.4, -0.2) is 9.97 Å². The lowest BCUT2D eigenvalue weighted by atomic mass is 10.1. The van der Waals surface area contributed by atoms with Crippen LogP contribution < -0.4 is 5.56 Å². The molecule has 1 aromatic rings. The van der Waals surface area contributed by atoms with Gasteiger partial charge < -0.3 is 4.98 Å². The third-order valence-electron chi connectivity index (χ3n) is 1.29. The average molecular weight is 168 g/mol. The number of aromatic amines is 1. The molecular weight excluding hydrogens is 152 g/mol. The summed E-state index contributed by atoms with van der Waals surface area (Å²) in [5, 5.41) is 0.